The Kier molecular flexibility index (Phi) is 9.12. The molecule has 4 aromatic rings. The van der Waals surface area contributed by atoms with Crippen molar-refractivity contribution >= 4 is 52.7 Å². The SMILES string of the molecule is CC(C)(C)NC(=O)c1ccc(Nc2nc(Nc3ccc(C(=O)O)cc3)nc(Nc3ccc(C(=O)NC(C)(C)C)cc3)n2)cc1. The largest absolute Gasteiger partial charge is 0.478 e. The van der Waals surface area contributed by atoms with Crippen molar-refractivity contribution in [1.29, 1.82) is 0 Å². The van der Waals surface area contributed by atoms with Gasteiger partial charge in [-0.2, -0.15) is 15.0 Å². The highest BCUT2D eigenvalue weighted by Gasteiger charge is 2.17. The third kappa shape index (κ3) is 9.24. The first-order valence-corrected chi connectivity index (χ1v) is 13.9. The molecule has 4 rings (SSSR count). The van der Waals surface area contributed by atoms with E-state index in [9.17, 15) is 19.5 Å². The van der Waals surface area contributed by atoms with Gasteiger partial charge in [0.1, 0.15) is 0 Å². The second-order valence-electron chi connectivity index (χ2n) is 12.1. The van der Waals surface area contributed by atoms with Crippen LogP contribution in [-0.4, -0.2) is 48.9 Å². The molecular weight excluding hydrogens is 560 g/mol. The highest BCUT2D eigenvalue weighted by atomic mass is 16.4. The van der Waals surface area contributed by atoms with Crippen LogP contribution >= 0.6 is 0 Å². The van der Waals surface area contributed by atoms with E-state index in [1.165, 1.54) is 12.1 Å². The maximum absolute atomic E-state index is 12.5. The van der Waals surface area contributed by atoms with Gasteiger partial charge in [-0.25, -0.2) is 4.79 Å². The first-order chi connectivity index (χ1) is 20.6. The summed E-state index contributed by atoms with van der Waals surface area (Å²) in [5.74, 6) is -0.787. The molecule has 0 aliphatic rings. The van der Waals surface area contributed by atoms with Gasteiger partial charge in [-0.15, -0.1) is 0 Å². The number of aromatic carboxylic acids is 1. The lowest BCUT2D eigenvalue weighted by Crippen LogP contribution is -2.40. The fourth-order valence-electron chi connectivity index (χ4n) is 3.86. The smallest absolute Gasteiger partial charge is 0.335 e. The number of amides is 2. The molecule has 0 aliphatic carbocycles. The Morgan fingerprint density at radius 3 is 1.02 bits per heavy atom. The molecule has 0 aliphatic heterocycles. The summed E-state index contributed by atoms with van der Waals surface area (Å²) in [5.41, 5.74) is 2.29. The first-order valence-electron chi connectivity index (χ1n) is 13.9. The van der Waals surface area contributed by atoms with Crippen molar-refractivity contribution in [2.45, 2.75) is 52.6 Å². The highest BCUT2D eigenvalue weighted by Crippen LogP contribution is 2.22. The molecule has 12 heteroatoms. The van der Waals surface area contributed by atoms with Crippen LogP contribution in [0.2, 0.25) is 0 Å². The molecule has 0 atom stereocenters. The topological polar surface area (TPSA) is 170 Å². The highest BCUT2D eigenvalue weighted by molar-refractivity contribution is 5.95. The molecule has 1 aromatic heterocycles. The van der Waals surface area contributed by atoms with E-state index in [1.54, 1.807) is 60.7 Å². The molecule has 228 valence electrons. The van der Waals surface area contributed by atoms with E-state index < -0.39 is 5.97 Å². The van der Waals surface area contributed by atoms with Crippen molar-refractivity contribution in [2.24, 2.45) is 0 Å². The number of hydrogen-bond donors (Lipinski definition) is 6. The second kappa shape index (κ2) is 12.8. The standard InChI is InChI=1S/C32H36N8O4/c1-31(2,3)39-25(41)19-7-13-22(14-8-19)33-28-36-29(34-23-15-9-20(10-16-23)26(42)40-32(4,5)6)38-30(37-28)35-24-17-11-21(12-18-24)27(43)44/h7-18H,1-6H3,(H,39,41)(H,40,42)(H,43,44)(H3,33,34,35,36,37,38). The zero-order valence-corrected chi connectivity index (χ0v) is 25.4. The number of anilines is 6. The van der Waals surface area contributed by atoms with Crippen LogP contribution in [0.15, 0.2) is 72.8 Å². The van der Waals surface area contributed by atoms with Crippen molar-refractivity contribution in [2.75, 3.05) is 16.0 Å². The molecule has 3 aromatic carbocycles. The summed E-state index contributed by atoms with van der Waals surface area (Å²) in [6.45, 7) is 11.5. The number of benzene rings is 3. The van der Waals surface area contributed by atoms with Crippen molar-refractivity contribution in [3.63, 3.8) is 0 Å². The predicted octanol–water partition coefficient (Wildman–Crippen LogP) is 5.86. The van der Waals surface area contributed by atoms with Crippen LogP contribution in [0.4, 0.5) is 34.9 Å². The number of hydrogen-bond acceptors (Lipinski definition) is 9. The summed E-state index contributed by atoms with van der Waals surface area (Å²) in [5, 5.41) is 24.4. The number of aromatic nitrogens is 3. The van der Waals surface area contributed by atoms with Crippen molar-refractivity contribution in [3.05, 3.63) is 89.5 Å². The number of nitrogens with zero attached hydrogens (tertiary/aromatic N) is 3. The Morgan fingerprint density at radius 1 is 0.500 bits per heavy atom. The summed E-state index contributed by atoms with van der Waals surface area (Å²) in [6.07, 6.45) is 0. The summed E-state index contributed by atoms with van der Waals surface area (Å²) < 4.78 is 0. The number of carbonyl (C=O) groups is 3. The van der Waals surface area contributed by atoms with Gasteiger partial charge in [-0.1, -0.05) is 0 Å². The zero-order chi connectivity index (χ0) is 32.1. The number of carboxylic acids is 1. The van der Waals surface area contributed by atoms with Crippen LogP contribution in [0.1, 0.15) is 72.6 Å². The fraction of sp³-hybridized carbons (Fsp3) is 0.250. The Labute approximate surface area is 255 Å². The number of carbonyl (C=O) groups excluding carboxylic acids is 2. The molecular formula is C32H36N8O4. The van der Waals surface area contributed by atoms with E-state index >= 15 is 0 Å². The van der Waals surface area contributed by atoms with Gasteiger partial charge in [-0.3, -0.25) is 9.59 Å². The minimum Gasteiger partial charge on any atom is -0.478 e. The van der Waals surface area contributed by atoms with Crippen molar-refractivity contribution < 1.29 is 19.5 Å². The van der Waals surface area contributed by atoms with Crippen molar-refractivity contribution in [1.82, 2.24) is 25.6 Å². The van der Waals surface area contributed by atoms with Crippen LogP contribution in [0.5, 0.6) is 0 Å². The molecule has 2 amide bonds. The number of nitrogens with one attached hydrogen (secondary N) is 5. The molecule has 1 heterocycles. The Balaban J connectivity index is 1.58. The van der Waals surface area contributed by atoms with E-state index in [0.29, 0.717) is 28.2 Å². The molecule has 44 heavy (non-hydrogen) atoms. The maximum atomic E-state index is 12.5. The van der Waals surface area contributed by atoms with Crippen LogP contribution in [0.3, 0.4) is 0 Å². The first kappa shape index (κ1) is 31.4. The predicted molar refractivity (Wildman–Crippen MR) is 170 cm³/mol. The van der Waals surface area contributed by atoms with Gasteiger partial charge >= 0.3 is 5.97 Å². The van der Waals surface area contributed by atoms with Crippen LogP contribution < -0.4 is 26.6 Å². The molecule has 0 bridgehead atoms. The Bertz CT molecular complexity index is 1550. The maximum Gasteiger partial charge on any atom is 0.335 e. The lowest BCUT2D eigenvalue weighted by molar-refractivity contribution is 0.0696. The van der Waals surface area contributed by atoms with Crippen LogP contribution in [-0.2, 0) is 0 Å². The zero-order valence-electron chi connectivity index (χ0n) is 25.4. The minimum absolute atomic E-state index is 0.148. The fourth-order valence-corrected chi connectivity index (χ4v) is 3.86. The minimum atomic E-state index is -1.03. The monoisotopic (exact) mass is 596 g/mol. The van der Waals surface area contributed by atoms with Gasteiger partial charge in [0.15, 0.2) is 0 Å². The molecule has 12 nitrogen and oxygen atoms in total. The average Bonchev–Trinajstić information content (AvgIpc) is 2.92. The molecule has 0 saturated heterocycles. The molecule has 0 spiro atoms. The van der Waals surface area contributed by atoms with E-state index in [1.807, 2.05) is 41.5 Å². The second-order valence-corrected chi connectivity index (χ2v) is 12.1. The van der Waals surface area contributed by atoms with Crippen LogP contribution in [0.25, 0.3) is 0 Å². The van der Waals surface area contributed by atoms with Gasteiger partial charge in [0, 0.05) is 39.3 Å². The van der Waals surface area contributed by atoms with Gasteiger partial charge in [-0.05, 0) is 114 Å². The Morgan fingerprint density at radius 2 is 0.773 bits per heavy atom. The third-order valence-corrected chi connectivity index (χ3v) is 5.81. The summed E-state index contributed by atoms with van der Waals surface area (Å²) in [4.78, 5) is 49.7. The molecule has 0 saturated carbocycles. The lowest BCUT2D eigenvalue weighted by atomic mass is 10.1. The lowest BCUT2D eigenvalue weighted by Gasteiger charge is -2.20. The molecule has 6 N–H and O–H groups in total. The molecule has 0 radical (unpaired) electrons. The normalized spacial score (nSPS) is 11.3. The Hall–Kier alpha value is -5.52. The van der Waals surface area contributed by atoms with Gasteiger partial charge in [0.2, 0.25) is 17.8 Å². The third-order valence-electron chi connectivity index (χ3n) is 5.81. The summed E-state index contributed by atoms with van der Waals surface area (Å²) in [7, 11) is 0. The van der Waals surface area contributed by atoms with Crippen molar-refractivity contribution in [3.8, 4) is 0 Å². The quantitative estimate of drug-likeness (QED) is 0.138. The van der Waals surface area contributed by atoms with Gasteiger partial charge in [0.25, 0.3) is 11.8 Å². The average molecular weight is 597 g/mol. The van der Waals surface area contributed by atoms with E-state index in [-0.39, 0.29) is 46.3 Å². The summed E-state index contributed by atoms with van der Waals surface area (Å²) >= 11 is 0. The number of rotatable bonds is 9. The van der Waals surface area contributed by atoms with Gasteiger partial charge in [0.05, 0.1) is 5.56 Å². The van der Waals surface area contributed by atoms with Gasteiger partial charge < -0.3 is 31.7 Å². The van der Waals surface area contributed by atoms with E-state index in [2.05, 4.69) is 41.5 Å². The summed E-state index contributed by atoms with van der Waals surface area (Å²) in [6, 6.07) is 19.9. The molecule has 0 fully saturated rings. The molecule has 0 unspecified atom stereocenters. The number of carboxylic acid groups (broad SMARTS) is 1. The van der Waals surface area contributed by atoms with E-state index in [0.717, 1.165) is 0 Å². The van der Waals surface area contributed by atoms with Crippen LogP contribution in [0, 0.1) is 0 Å². The van der Waals surface area contributed by atoms with E-state index in [4.69, 9.17) is 0 Å².